The number of benzene rings is 1. The van der Waals surface area contributed by atoms with Crippen LogP contribution in [0.15, 0.2) is 30.5 Å². The van der Waals surface area contributed by atoms with E-state index >= 15 is 0 Å². The molecular formula is C13H12ClN3O2. The second-order valence-corrected chi connectivity index (χ2v) is 4.47. The summed E-state index contributed by atoms with van der Waals surface area (Å²) in [5, 5.41) is 12.6. The second-order valence-electron chi connectivity index (χ2n) is 4.06. The number of hydrogen-bond donors (Lipinski definition) is 3. The molecule has 0 amide bonds. The molecule has 0 aliphatic heterocycles. The van der Waals surface area contributed by atoms with E-state index in [9.17, 15) is 4.79 Å². The van der Waals surface area contributed by atoms with Crippen molar-refractivity contribution in [3.63, 3.8) is 0 Å². The Morgan fingerprint density at radius 3 is 2.79 bits per heavy atom. The third-order valence-electron chi connectivity index (χ3n) is 2.57. The van der Waals surface area contributed by atoms with Gasteiger partial charge in [-0.15, -0.1) is 0 Å². The quantitative estimate of drug-likeness (QED) is 0.802. The number of carboxylic acid groups (broad SMARTS) is 1. The van der Waals surface area contributed by atoms with E-state index in [-0.39, 0.29) is 11.4 Å². The van der Waals surface area contributed by atoms with Crippen LogP contribution >= 0.6 is 11.6 Å². The Kier molecular flexibility index (Phi) is 3.57. The molecule has 0 saturated heterocycles. The molecule has 98 valence electrons. The molecule has 6 heteroatoms. The van der Waals surface area contributed by atoms with Gasteiger partial charge in [-0.05, 0) is 30.7 Å². The van der Waals surface area contributed by atoms with E-state index in [2.05, 4.69) is 10.3 Å². The van der Waals surface area contributed by atoms with E-state index in [0.29, 0.717) is 16.4 Å². The summed E-state index contributed by atoms with van der Waals surface area (Å²) >= 11 is 6.01. The monoisotopic (exact) mass is 277 g/mol. The molecule has 0 radical (unpaired) electrons. The summed E-state index contributed by atoms with van der Waals surface area (Å²) in [6.07, 6.45) is 1.39. The van der Waals surface area contributed by atoms with Gasteiger partial charge in [0.25, 0.3) is 0 Å². The number of pyridine rings is 1. The van der Waals surface area contributed by atoms with Gasteiger partial charge in [0.2, 0.25) is 0 Å². The van der Waals surface area contributed by atoms with Crippen molar-refractivity contribution in [2.24, 2.45) is 0 Å². The van der Waals surface area contributed by atoms with Gasteiger partial charge in [0, 0.05) is 10.7 Å². The first kappa shape index (κ1) is 13.2. The summed E-state index contributed by atoms with van der Waals surface area (Å²) in [7, 11) is 0. The molecular weight excluding hydrogens is 266 g/mol. The van der Waals surface area contributed by atoms with Crippen LogP contribution in [0.3, 0.4) is 0 Å². The molecule has 0 spiro atoms. The molecule has 0 atom stereocenters. The smallest absolute Gasteiger partial charge is 0.339 e. The fourth-order valence-corrected chi connectivity index (χ4v) is 1.73. The van der Waals surface area contributed by atoms with Crippen molar-refractivity contribution in [3.05, 3.63) is 46.6 Å². The number of anilines is 3. The lowest BCUT2D eigenvalue weighted by molar-refractivity contribution is 0.0697. The summed E-state index contributed by atoms with van der Waals surface area (Å²) in [5.41, 5.74) is 7.44. The molecule has 1 aromatic carbocycles. The summed E-state index contributed by atoms with van der Waals surface area (Å²) < 4.78 is 0. The lowest BCUT2D eigenvalue weighted by atomic mass is 10.2. The van der Waals surface area contributed by atoms with Crippen LogP contribution in [0.1, 0.15) is 15.9 Å². The first-order valence-corrected chi connectivity index (χ1v) is 5.87. The van der Waals surface area contributed by atoms with Crippen LogP contribution in [0.25, 0.3) is 0 Å². The van der Waals surface area contributed by atoms with Crippen LogP contribution < -0.4 is 11.1 Å². The van der Waals surface area contributed by atoms with E-state index < -0.39 is 5.97 Å². The van der Waals surface area contributed by atoms with Gasteiger partial charge >= 0.3 is 5.97 Å². The average molecular weight is 278 g/mol. The number of aryl methyl sites for hydroxylation is 1. The maximum atomic E-state index is 11.1. The highest BCUT2D eigenvalue weighted by atomic mass is 35.5. The highest BCUT2D eigenvalue weighted by Crippen LogP contribution is 2.24. The minimum atomic E-state index is -1.10. The van der Waals surface area contributed by atoms with Crippen molar-refractivity contribution in [3.8, 4) is 0 Å². The SMILES string of the molecule is Cc1ccc(Nc2ncc(N)cc2C(=O)O)cc1Cl. The zero-order valence-corrected chi connectivity index (χ0v) is 10.9. The number of nitrogens with two attached hydrogens (primary N) is 1. The van der Waals surface area contributed by atoms with Gasteiger partial charge in [-0.25, -0.2) is 9.78 Å². The Hall–Kier alpha value is -2.27. The van der Waals surface area contributed by atoms with Gasteiger partial charge in [-0.1, -0.05) is 17.7 Å². The van der Waals surface area contributed by atoms with Crippen LogP contribution in [-0.4, -0.2) is 16.1 Å². The van der Waals surface area contributed by atoms with Crippen molar-refractivity contribution >= 4 is 34.8 Å². The Balaban J connectivity index is 2.37. The van der Waals surface area contributed by atoms with Crippen molar-refractivity contribution in [2.45, 2.75) is 6.92 Å². The minimum absolute atomic E-state index is 0.0108. The average Bonchev–Trinajstić information content (AvgIpc) is 2.36. The minimum Gasteiger partial charge on any atom is -0.478 e. The molecule has 0 aliphatic carbocycles. The van der Waals surface area contributed by atoms with E-state index in [1.807, 2.05) is 13.0 Å². The van der Waals surface area contributed by atoms with Crippen LogP contribution in [0.2, 0.25) is 5.02 Å². The molecule has 1 aromatic heterocycles. The Morgan fingerprint density at radius 1 is 1.42 bits per heavy atom. The Bertz CT molecular complexity index is 644. The zero-order chi connectivity index (χ0) is 14.0. The highest BCUT2D eigenvalue weighted by molar-refractivity contribution is 6.31. The topological polar surface area (TPSA) is 88.2 Å². The maximum Gasteiger partial charge on any atom is 0.339 e. The first-order chi connectivity index (χ1) is 8.97. The van der Waals surface area contributed by atoms with E-state index in [0.717, 1.165) is 5.56 Å². The highest BCUT2D eigenvalue weighted by Gasteiger charge is 2.12. The number of aromatic carboxylic acids is 1. The number of nitrogen functional groups attached to an aromatic ring is 1. The fourth-order valence-electron chi connectivity index (χ4n) is 1.55. The molecule has 0 fully saturated rings. The number of rotatable bonds is 3. The van der Waals surface area contributed by atoms with Gasteiger partial charge in [0.05, 0.1) is 11.9 Å². The second kappa shape index (κ2) is 5.16. The van der Waals surface area contributed by atoms with E-state index in [1.165, 1.54) is 12.3 Å². The summed E-state index contributed by atoms with van der Waals surface area (Å²) in [6.45, 7) is 1.89. The molecule has 0 aliphatic rings. The Labute approximate surface area is 115 Å². The number of aromatic nitrogens is 1. The van der Waals surface area contributed by atoms with Crippen LogP contribution in [-0.2, 0) is 0 Å². The van der Waals surface area contributed by atoms with Gasteiger partial charge in [-0.2, -0.15) is 0 Å². The van der Waals surface area contributed by atoms with Crippen LogP contribution in [0.4, 0.5) is 17.2 Å². The molecule has 0 saturated carbocycles. The fraction of sp³-hybridized carbons (Fsp3) is 0.0769. The van der Waals surface area contributed by atoms with E-state index in [1.54, 1.807) is 12.1 Å². The van der Waals surface area contributed by atoms with Crippen molar-refractivity contribution < 1.29 is 9.90 Å². The summed E-state index contributed by atoms with van der Waals surface area (Å²) in [6, 6.07) is 6.70. The van der Waals surface area contributed by atoms with E-state index in [4.69, 9.17) is 22.4 Å². The van der Waals surface area contributed by atoms with Crippen molar-refractivity contribution in [1.82, 2.24) is 4.98 Å². The number of nitrogens with zero attached hydrogens (tertiary/aromatic N) is 1. The molecule has 2 rings (SSSR count). The summed E-state index contributed by atoms with van der Waals surface area (Å²) in [5.74, 6) is -0.873. The van der Waals surface area contributed by atoms with Crippen molar-refractivity contribution in [2.75, 3.05) is 11.1 Å². The molecule has 0 unspecified atom stereocenters. The number of hydrogen-bond acceptors (Lipinski definition) is 4. The molecule has 19 heavy (non-hydrogen) atoms. The number of nitrogens with one attached hydrogen (secondary N) is 1. The molecule has 2 aromatic rings. The first-order valence-electron chi connectivity index (χ1n) is 5.49. The normalized spacial score (nSPS) is 10.2. The third kappa shape index (κ3) is 2.95. The Morgan fingerprint density at radius 2 is 2.16 bits per heavy atom. The van der Waals surface area contributed by atoms with Gasteiger partial charge in [-0.3, -0.25) is 0 Å². The van der Waals surface area contributed by atoms with Crippen LogP contribution in [0.5, 0.6) is 0 Å². The predicted octanol–water partition coefficient (Wildman–Crippen LogP) is 3.07. The largest absolute Gasteiger partial charge is 0.478 e. The lowest BCUT2D eigenvalue weighted by Gasteiger charge is -2.10. The maximum absolute atomic E-state index is 11.1. The third-order valence-corrected chi connectivity index (χ3v) is 2.98. The van der Waals surface area contributed by atoms with Gasteiger partial charge < -0.3 is 16.2 Å². The molecule has 4 N–H and O–H groups in total. The number of carboxylic acids is 1. The predicted molar refractivity (Wildman–Crippen MR) is 75.1 cm³/mol. The standard InChI is InChI=1S/C13H12ClN3O2/c1-7-2-3-9(5-11(7)14)17-12-10(13(18)19)4-8(15)6-16-12/h2-6H,15H2,1H3,(H,16,17)(H,18,19). The number of carbonyl (C=O) groups is 1. The van der Waals surface area contributed by atoms with Crippen LogP contribution in [0, 0.1) is 6.92 Å². The summed E-state index contributed by atoms with van der Waals surface area (Å²) in [4.78, 5) is 15.1. The molecule has 5 nitrogen and oxygen atoms in total. The number of halogens is 1. The van der Waals surface area contributed by atoms with Gasteiger partial charge in [0.1, 0.15) is 11.4 Å². The molecule has 1 heterocycles. The van der Waals surface area contributed by atoms with Crippen molar-refractivity contribution in [1.29, 1.82) is 0 Å². The zero-order valence-electron chi connectivity index (χ0n) is 10.1. The van der Waals surface area contributed by atoms with Gasteiger partial charge in [0.15, 0.2) is 0 Å². The lowest BCUT2D eigenvalue weighted by Crippen LogP contribution is -2.06. The molecule has 0 bridgehead atoms.